The topological polar surface area (TPSA) is 21.3 Å². The summed E-state index contributed by atoms with van der Waals surface area (Å²) in [5, 5.41) is 3.66. The number of aryl methyl sites for hydroxylation is 1. The molecule has 3 heteroatoms. The highest BCUT2D eigenvalue weighted by Crippen LogP contribution is 2.32. The van der Waals surface area contributed by atoms with E-state index in [0.29, 0.717) is 12.0 Å². The van der Waals surface area contributed by atoms with Crippen LogP contribution in [0.15, 0.2) is 22.7 Å². The third-order valence-corrected chi connectivity index (χ3v) is 4.22. The van der Waals surface area contributed by atoms with Crippen molar-refractivity contribution in [1.82, 2.24) is 5.32 Å². The van der Waals surface area contributed by atoms with Crippen molar-refractivity contribution in [2.24, 2.45) is 5.92 Å². The van der Waals surface area contributed by atoms with Gasteiger partial charge in [0.25, 0.3) is 0 Å². The fraction of sp³-hybridized carbons (Fsp3) is 0.600. The summed E-state index contributed by atoms with van der Waals surface area (Å²) in [7, 11) is 0. The molecule has 18 heavy (non-hydrogen) atoms. The Morgan fingerprint density at radius 1 is 1.39 bits per heavy atom. The standard InChI is InChI=1S/C15H22BrNO/c1-3-17-15(12-6-8-18-9-7-12)14-5-4-13(16)10-11(14)2/h4-5,10,12,15,17H,3,6-9H2,1-2H3. The van der Waals surface area contributed by atoms with Gasteiger partial charge in [-0.05, 0) is 55.5 Å². The highest BCUT2D eigenvalue weighted by molar-refractivity contribution is 9.10. The highest BCUT2D eigenvalue weighted by Gasteiger charge is 2.25. The summed E-state index contributed by atoms with van der Waals surface area (Å²) < 4.78 is 6.64. The molecule has 1 aromatic carbocycles. The van der Waals surface area contributed by atoms with Crippen LogP contribution in [0.1, 0.15) is 36.9 Å². The Morgan fingerprint density at radius 2 is 2.11 bits per heavy atom. The molecule has 1 unspecified atom stereocenters. The zero-order valence-electron chi connectivity index (χ0n) is 11.2. The molecule has 1 aliphatic heterocycles. The monoisotopic (exact) mass is 311 g/mol. The van der Waals surface area contributed by atoms with Gasteiger partial charge in [-0.25, -0.2) is 0 Å². The summed E-state index contributed by atoms with van der Waals surface area (Å²) in [6.07, 6.45) is 2.32. The molecule has 0 aliphatic carbocycles. The fourth-order valence-corrected chi connectivity index (χ4v) is 3.26. The summed E-state index contributed by atoms with van der Waals surface area (Å²) in [6.45, 7) is 7.20. The number of halogens is 1. The number of hydrogen-bond donors (Lipinski definition) is 1. The molecule has 2 nitrogen and oxygen atoms in total. The average Bonchev–Trinajstić information content (AvgIpc) is 2.38. The molecule has 0 bridgehead atoms. The molecule has 2 rings (SSSR count). The van der Waals surface area contributed by atoms with Gasteiger partial charge >= 0.3 is 0 Å². The van der Waals surface area contributed by atoms with Crippen molar-refractivity contribution < 1.29 is 4.74 Å². The van der Waals surface area contributed by atoms with Gasteiger partial charge in [0.05, 0.1) is 0 Å². The molecule has 1 heterocycles. The molecular formula is C15H22BrNO. The van der Waals surface area contributed by atoms with Gasteiger partial charge in [-0.15, -0.1) is 0 Å². The van der Waals surface area contributed by atoms with E-state index >= 15 is 0 Å². The first-order valence-electron chi connectivity index (χ1n) is 6.79. The highest BCUT2D eigenvalue weighted by atomic mass is 79.9. The van der Waals surface area contributed by atoms with Gasteiger partial charge in [0.2, 0.25) is 0 Å². The lowest BCUT2D eigenvalue weighted by Gasteiger charge is -2.32. The summed E-state index contributed by atoms with van der Waals surface area (Å²) >= 11 is 3.54. The van der Waals surface area contributed by atoms with Crippen molar-refractivity contribution in [2.75, 3.05) is 19.8 Å². The largest absolute Gasteiger partial charge is 0.381 e. The summed E-state index contributed by atoms with van der Waals surface area (Å²) in [4.78, 5) is 0. The van der Waals surface area contributed by atoms with Gasteiger partial charge in [0.1, 0.15) is 0 Å². The molecule has 0 spiro atoms. The number of rotatable bonds is 4. The first-order valence-corrected chi connectivity index (χ1v) is 7.59. The van der Waals surface area contributed by atoms with Crippen LogP contribution in [0.25, 0.3) is 0 Å². The Kier molecular flexibility index (Phi) is 5.22. The molecule has 0 saturated carbocycles. The quantitative estimate of drug-likeness (QED) is 0.912. The Bertz CT molecular complexity index is 388. The Balaban J connectivity index is 2.22. The van der Waals surface area contributed by atoms with Crippen molar-refractivity contribution >= 4 is 15.9 Å². The number of nitrogens with one attached hydrogen (secondary N) is 1. The van der Waals surface area contributed by atoms with E-state index in [2.05, 4.69) is 53.3 Å². The molecule has 100 valence electrons. The van der Waals surface area contributed by atoms with E-state index in [1.807, 2.05) is 0 Å². The van der Waals surface area contributed by atoms with E-state index in [0.717, 1.165) is 37.1 Å². The third-order valence-electron chi connectivity index (χ3n) is 3.73. The fourth-order valence-electron chi connectivity index (χ4n) is 2.79. The van der Waals surface area contributed by atoms with Gasteiger partial charge in [-0.2, -0.15) is 0 Å². The second-order valence-corrected chi connectivity index (χ2v) is 5.90. The normalized spacial score (nSPS) is 18.8. The number of benzene rings is 1. The van der Waals surface area contributed by atoms with Crippen LogP contribution in [0.5, 0.6) is 0 Å². The Labute approximate surface area is 118 Å². The van der Waals surface area contributed by atoms with Gasteiger partial charge in [0, 0.05) is 23.7 Å². The van der Waals surface area contributed by atoms with Gasteiger partial charge in [0.15, 0.2) is 0 Å². The lowest BCUT2D eigenvalue weighted by molar-refractivity contribution is 0.0537. The van der Waals surface area contributed by atoms with Crippen molar-refractivity contribution in [3.8, 4) is 0 Å². The van der Waals surface area contributed by atoms with Crippen molar-refractivity contribution in [2.45, 2.75) is 32.7 Å². The van der Waals surface area contributed by atoms with Crippen LogP contribution in [0.4, 0.5) is 0 Å². The first kappa shape index (κ1) is 14.0. The van der Waals surface area contributed by atoms with E-state index in [9.17, 15) is 0 Å². The predicted molar refractivity (Wildman–Crippen MR) is 78.8 cm³/mol. The van der Waals surface area contributed by atoms with Crippen LogP contribution >= 0.6 is 15.9 Å². The van der Waals surface area contributed by atoms with Gasteiger partial charge in [-0.1, -0.05) is 28.9 Å². The van der Waals surface area contributed by atoms with Crippen LogP contribution in [0.2, 0.25) is 0 Å². The second kappa shape index (κ2) is 6.69. The van der Waals surface area contributed by atoms with E-state index in [-0.39, 0.29) is 0 Å². The molecular weight excluding hydrogens is 290 g/mol. The maximum atomic E-state index is 5.48. The van der Waals surface area contributed by atoms with Crippen LogP contribution in [-0.2, 0) is 4.74 Å². The van der Waals surface area contributed by atoms with Crippen molar-refractivity contribution in [1.29, 1.82) is 0 Å². The minimum absolute atomic E-state index is 0.465. The lowest BCUT2D eigenvalue weighted by atomic mass is 9.85. The van der Waals surface area contributed by atoms with Crippen LogP contribution in [0.3, 0.4) is 0 Å². The molecule has 1 saturated heterocycles. The molecule has 0 radical (unpaired) electrons. The van der Waals surface area contributed by atoms with Gasteiger partial charge in [-0.3, -0.25) is 0 Å². The van der Waals surface area contributed by atoms with Crippen molar-refractivity contribution in [3.63, 3.8) is 0 Å². The third kappa shape index (κ3) is 3.34. The number of hydrogen-bond acceptors (Lipinski definition) is 2. The van der Waals surface area contributed by atoms with Crippen LogP contribution in [-0.4, -0.2) is 19.8 Å². The first-order chi connectivity index (χ1) is 8.72. The van der Waals surface area contributed by atoms with E-state index in [1.165, 1.54) is 11.1 Å². The minimum Gasteiger partial charge on any atom is -0.381 e. The zero-order valence-corrected chi connectivity index (χ0v) is 12.8. The van der Waals surface area contributed by atoms with E-state index in [4.69, 9.17) is 4.74 Å². The maximum absolute atomic E-state index is 5.48. The molecule has 0 aromatic heterocycles. The second-order valence-electron chi connectivity index (χ2n) is 4.99. The minimum atomic E-state index is 0.465. The van der Waals surface area contributed by atoms with Crippen LogP contribution in [0, 0.1) is 12.8 Å². The van der Waals surface area contributed by atoms with Gasteiger partial charge < -0.3 is 10.1 Å². The molecule has 1 N–H and O–H groups in total. The zero-order chi connectivity index (χ0) is 13.0. The average molecular weight is 312 g/mol. The van der Waals surface area contributed by atoms with Crippen LogP contribution < -0.4 is 5.32 Å². The summed E-state index contributed by atoms with van der Waals surface area (Å²) in [6, 6.07) is 7.07. The Hall–Kier alpha value is -0.380. The SMILES string of the molecule is CCNC(c1ccc(Br)cc1C)C1CCOCC1. The lowest BCUT2D eigenvalue weighted by Crippen LogP contribution is -2.32. The molecule has 1 atom stereocenters. The smallest absolute Gasteiger partial charge is 0.0469 e. The molecule has 0 amide bonds. The van der Waals surface area contributed by atoms with E-state index in [1.54, 1.807) is 0 Å². The Morgan fingerprint density at radius 3 is 2.72 bits per heavy atom. The van der Waals surface area contributed by atoms with E-state index < -0.39 is 0 Å². The summed E-state index contributed by atoms with van der Waals surface area (Å²) in [5.74, 6) is 0.693. The van der Waals surface area contributed by atoms with Crippen molar-refractivity contribution in [3.05, 3.63) is 33.8 Å². The molecule has 1 fully saturated rings. The maximum Gasteiger partial charge on any atom is 0.0469 e. The predicted octanol–water partition coefficient (Wildman–Crippen LogP) is 3.83. The molecule has 1 aliphatic rings. The number of ether oxygens (including phenoxy) is 1. The molecule has 1 aromatic rings. The summed E-state index contributed by atoms with van der Waals surface area (Å²) in [5.41, 5.74) is 2.80.